The molecule has 70 valence electrons. The van der Waals surface area contributed by atoms with Crippen LogP contribution in [0.2, 0.25) is 0 Å². The maximum Gasteiger partial charge on any atom is 0.0792 e. The summed E-state index contributed by atoms with van der Waals surface area (Å²) in [5.41, 5.74) is 0.786. The molecule has 0 saturated heterocycles. The Bertz CT molecular complexity index is 150. The molecule has 0 fully saturated rings. The van der Waals surface area contributed by atoms with Crippen LogP contribution in [0, 0.1) is 0 Å². The molecule has 0 aliphatic carbocycles. The first-order chi connectivity index (χ1) is 5.85. The first-order valence-corrected chi connectivity index (χ1v) is 4.68. The van der Waals surface area contributed by atoms with Gasteiger partial charge >= 0.3 is 0 Å². The van der Waals surface area contributed by atoms with Gasteiger partial charge in [0.05, 0.1) is 5.71 Å². The molecular weight excluding hydrogens is 150 g/mol. The molecule has 1 N–H and O–H groups in total. The van der Waals surface area contributed by atoms with E-state index in [1.54, 1.807) is 0 Å². The second kappa shape index (κ2) is 8.31. The number of oxime groups is 1. The van der Waals surface area contributed by atoms with Gasteiger partial charge in [-0.05, 0) is 25.8 Å². The van der Waals surface area contributed by atoms with Gasteiger partial charge < -0.3 is 5.21 Å². The molecule has 0 amide bonds. The van der Waals surface area contributed by atoms with E-state index in [2.05, 4.69) is 12.1 Å². The third-order valence-corrected chi connectivity index (χ3v) is 1.77. The minimum atomic E-state index is 0.786. The zero-order valence-electron chi connectivity index (χ0n) is 8.08. The summed E-state index contributed by atoms with van der Waals surface area (Å²) in [5.74, 6) is 0. The van der Waals surface area contributed by atoms with Gasteiger partial charge in [-0.2, -0.15) is 0 Å². The van der Waals surface area contributed by atoms with Crippen molar-refractivity contribution in [2.75, 3.05) is 0 Å². The normalized spacial score (nSPS) is 12.7. The summed E-state index contributed by atoms with van der Waals surface area (Å²) in [4.78, 5) is 0. The molecule has 2 nitrogen and oxygen atoms in total. The number of unbranched alkanes of at least 4 members (excludes halogenated alkanes) is 3. The molecule has 0 bridgehead atoms. The average Bonchev–Trinajstić information content (AvgIpc) is 2.10. The van der Waals surface area contributed by atoms with Crippen LogP contribution < -0.4 is 0 Å². The summed E-state index contributed by atoms with van der Waals surface area (Å²) in [5, 5.41) is 11.8. The summed E-state index contributed by atoms with van der Waals surface area (Å²) < 4.78 is 0. The molecular formula is C10H19NO. The number of allylic oxidation sites excluding steroid dienone is 2. The SMILES string of the molecule is C/C=C/C(CCCCCC)=N\O. The van der Waals surface area contributed by atoms with Crippen molar-refractivity contribution < 1.29 is 5.21 Å². The number of hydrogen-bond acceptors (Lipinski definition) is 2. The Morgan fingerprint density at radius 3 is 2.58 bits per heavy atom. The van der Waals surface area contributed by atoms with Crippen LogP contribution >= 0.6 is 0 Å². The molecule has 0 unspecified atom stereocenters. The lowest BCUT2D eigenvalue weighted by atomic mass is 10.1. The van der Waals surface area contributed by atoms with Crippen molar-refractivity contribution in [2.24, 2.45) is 5.16 Å². The molecule has 0 rings (SSSR count). The number of nitrogens with zero attached hydrogens (tertiary/aromatic N) is 1. The predicted molar refractivity (Wildman–Crippen MR) is 52.8 cm³/mol. The van der Waals surface area contributed by atoms with Crippen molar-refractivity contribution in [3.63, 3.8) is 0 Å². The van der Waals surface area contributed by atoms with Gasteiger partial charge in [-0.25, -0.2) is 0 Å². The number of rotatable bonds is 6. The molecule has 2 heteroatoms. The molecule has 0 saturated carbocycles. The van der Waals surface area contributed by atoms with E-state index in [4.69, 9.17) is 5.21 Å². The van der Waals surface area contributed by atoms with Crippen molar-refractivity contribution in [2.45, 2.75) is 46.0 Å². The predicted octanol–water partition coefficient (Wildman–Crippen LogP) is 3.36. The Hall–Kier alpha value is -0.790. The fraction of sp³-hybridized carbons (Fsp3) is 0.700. The lowest BCUT2D eigenvalue weighted by molar-refractivity contribution is 0.318. The minimum absolute atomic E-state index is 0.786. The van der Waals surface area contributed by atoms with Crippen LogP contribution in [0.5, 0.6) is 0 Å². The zero-order valence-corrected chi connectivity index (χ0v) is 8.08. The van der Waals surface area contributed by atoms with Gasteiger partial charge in [-0.15, -0.1) is 0 Å². The first-order valence-electron chi connectivity index (χ1n) is 4.68. The van der Waals surface area contributed by atoms with E-state index >= 15 is 0 Å². The maximum atomic E-state index is 8.55. The topological polar surface area (TPSA) is 32.6 Å². The third kappa shape index (κ3) is 5.96. The average molecular weight is 169 g/mol. The maximum absolute atomic E-state index is 8.55. The smallest absolute Gasteiger partial charge is 0.0792 e. The van der Waals surface area contributed by atoms with Gasteiger partial charge in [0.25, 0.3) is 0 Å². The van der Waals surface area contributed by atoms with E-state index in [-0.39, 0.29) is 0 Å². The van der Waals surface area contributed by atoms with E-state index in [0.717, 1.165) is 18.6 Å². The zero-order chi connectivity index (χ0) is 9.23. The van der Waals surface area contributed by atoms with Crippen LogP contribution in [0.25, 0.3) is 0 Å². The highest BCUT2D eigenvalue weighted by Gasteiger charge is 1.94. The molecule has 12 heavy (non-hydrogen) atoms. The lowest BCUT2D eigenvalue weighted by Crippen LogP contribution is -1.93. The van der Waals surface area contributed by atoms with Crippen LogP contribution in [0.15, 0.2) is 17.3 Å². The molecule has 0 aromatic heterocycles. The second-order valence-corrected chi connectivity index (χ2v) is 2.90. The second-order valence-electron chi connectivity index (χ2n) is 2.90. The van der Waals surface area contributed by atoms with Crippen molar-refractivity contribution in [1.29, 1.82) is 0 Å². The Morgan fingerprint density at radius 2 is 2.08 bits per heavy atom. The van der Waals surface area contributed by atoms with E-state index < -0.39 is 0 Å². The van der Waals surface area contributed by atoms with Crippen molar-refractivity contribution >= 4 is 5.71 Å². The Balaban J connectivity index is 3.46. The monoisotopic (exact) mass is 169 g/mol. The summed E-state index contributed by atoms with van der Waals surface area (Å²) in [6, 6.07) is 0. The molecule has 0 aliphatic rings. The highest BCUT2D eigenvalue weighted by Crippen LogP contribution is 2.04. The van der Waals surface area contributed by atoms with Crippen molar-refractivity contribution in [1.82, 2.24) is 0 Å². The number of hydrogen-bond donors (Lipinski definition) is 1. The Morgan fingerprint density at radius 1 is 1.33 bits per heavy atom. The van der Waals surface area contributed by atoms with E-state index in [0.29, 0.717) is 0 Å². The minimum Gasteiger partial charge on any atom is -0.411 e. The highest BCUT2D eigenvalue weighted by molar-refractivity contribution is 5.94. The third-order valence-electron chi connectivity index (χ3n) is 1.77. The molecule has 0 aliphatic heterocycles. The Kier molecular flexibility index (Phi) is 7.76. The van der Waals surface area contributed by atoms with Gasteiger partial charge in [0, 0.05) is 0 Å². The molecule has 0 atom stereocenters. The van der Waals surface area contributed by atoms with Crippen LogP contribution in [0.1, 0.15) is 46.0 Å². The van der Waals surface area contributed by atoms with Crippen LogP contribution in [0.3, 0.4) is 0 Å². The van der Waals surface area contributed by atoms with Gasteiger partial charge in [0.1, 0.15) is 0 Å². The van der Waals surface area contributed by atoms with E-state index in [1.165, 1.54) is 19.3 Å². The summed E-state index contributed by atoms with van der Waals surface area (Å²) in [6.07, 6.45) is 9.51. The van der Waals surface area contributed by atoms with Crippen LogP contribution in [-0.4, -0.2) is 10.9 Å². The highest BCUT2D eigenvalue weighted by atomic mass is 16.4. The first kappa shape index (κ1) is 11.2. The molecule has 0 radical (unpaired) electrons. The largest absolute Gasteiger partial charge is 0.411 e. The van der Waals surface area contributed by atoms with E-state index in [1.807, 2.05) is 19.1 Å². The Labute approximate surface area is 75.0 Å². The lowest BCUT2D eigenvalue weighted by Gasteiger charge is -1.98. The van der Waals surface area contributed by atoms with Crippen molar-refractivity contribution in [3.05, 3.63) is 12.2 Å². The van der Waals surface area contributed by atoms with Gasteiger partial charge in [0.2, 0.25) is 0 Å². The van der Waals surface area contributed by atoms with Gasteiger partial charge in [-0.3, -0.25) is 0 Å². The molecule has 0 aromatic carbocycles. The summed E-state index contributed by atoms with van der Waals surface area (Å²) in [7, 11) is 0. The van der Waals surface area contributed by atoms with Crippen LogP contribution in [0.4, 0.5) is 0 Å². The van der Waals surface area contributed by atoms with Crippen LogP contribution in [-0.2, 0) is 0 Å². The van der Waals surface area contributed by atoms with Gasteiger partial charge in [-0.1, -0.05) is 37.4 Å². The summed E-state index contributed by atoms with van der Waals surface area (Å²) in [6.45, 7) is 4.12. The van der Waals surface area contributed by atoms with Crippen molar-refractivity contribution in [3.8, 4) is 0 Å². The van der Waals surface area contributed by atoms with E-state index in [9.17, 15) is 0 Å². The van der Waals surface area contributed by atoms with Gasteiger partial charge in [0.15, 0.2) is 0 Å². The quantitative estimate of drug-likeness (QED) is 0.281. The molecule has 0 spiro atoms. The fourth-order valence-electron chi connectivity index (χ4n) is 1.09. The molecule has 0 heterocycles. The fourth-order valence-corrected chi connectivity index (χ4v) is 1.09. The summed E-state index contributed by atoms with van der Waals surface area (Å²) >= 11 is 0. The standard InChI is InChI=1S/C10H19NO/c1-3-5-6-7-9-10(11-12)8-4-2/h4,8,12H,3,5-7,9H2,1-2H3/b8-4+,11-10+. The molecule has 0 aromatic rings.